The van der Waals surface area contributed by atoms with Gasteiger partial charge in [-0.3, -0.25) is 4.68 Å². The largest absolute Gasteiger partial charge is 0.326 e. The second-order valence-corrected chi connectivity index (χ2v) is 7.11. The highest BCUT2D eigenvalue weighted by Crippen LogP contribution is 2.20. The maximum Gasteiger partial charge on any atom is 0.250 e. The predicted molar refractivity (Wildman–Crippen MR) is 74.2 cm³/mol. The zero-order valence-electron chi connectivity index (χ0n) is 10.3. The number of aryl methyl sites for hydroxylation is 1. The number of aromatic nitrogens is 2. The van der Waals surface area contributed by atoms with Crippen LogP contribution < -0.4 is 10.5 Å². The normalized spacial score (nSPS) is 11.8. The molecular formula is C11H16N4O2S2. The van der Waals surface area contributed by atoms with E-state index in [1.165, 1.54) is 11.3 Å². The van der Waals surface area contributed by atoms with Crippen molar-refractivity contribution in [2.75, 3.05) is 6.54 Å². The van der Waals surface area contributed by atoms with Crippen molar-refractivity contribution in [1.29, 1.82) is 0 Å². The molecule has 0 aliphatic rings. The Balaban J connectivity index is 1.84. The Kier molecular flexibility index (Phi) is 4.70. The van der Waals surface area contributed by atoms with Crippen LogP contribution in [-0.4, -0.2) is 24.7 Å². The maximum atomic E-state index is 12.0. The van der Waals surface area contributed by atoms with Crippen LogP contribution in [0.5, 0.6) is 0 Å². The average molecular weight is 300 g/mol. The molecule has 0 aliphatic carbocycles. The number of thiophene rings is 1. The van der Waals surface area contributed by atoms with Crippen molar-refractivity contribution in [3.05, 3.63) is 35.5 Å². The van der Waals surface area contributed by atoms with E-state index >= 15 is 0 Å². The summed E-state index contributed by atoms with van der Waals surface area (Å²) in [5.41, 5.74) is 5.47. The molecule has 6 nitrogen and oxygen atoms in total. The monoisotopic (exact) mass is 300 g/mol. The van der Waals surface area contributed by atoms with Crippen LogP contribution in [0.3, 0.4) is 0 Å². The Morgan fingerprint density at radius 3 is 2.89 bits per heavy atom. The summed E-state index contributed by atoms with van der Waals surface area (Å²) in [5, 5.41) is 4.05. The first kappa shape index (κ1) is 14.2. The number of nitrogens with two attached hydrogens (primary N) is 1. The molecule has 19 heavy (non-hydrogen) atoms. The third kappa shape index (κ3) is 3.87. The Labute approximate surface area is 116 Å². The zero-order chi connectivity index (χ0) is 13.7. The third-order valence-corrected chi connectivity index (χ3v) is 5.58. The van der Waals surface area contributed by atoms with Gasteiger partial charge in [0.2, 0.25) is 10.0 Å². The minimum Gasteiger partial charge on any atom is -0.326 e. The maximum absolute atomic E-state index is 12.0. The lowest BCUT2D eigenvalue weighted by atomic mass is 10.4. The van der Waals surface area contributed by atoms with Crippen LogP contribution in [0, 0.1) is 0 Å². The Morgan fingerprint density at radius 1 is 1.42 bits per heavy atom. The van der Waals surface area contributed by atoms with Gasteiger partial charge >= 0.3 is 0 Å². The van der Waals surface area contributed by atoms with Gasteiger partial charge in [0.15, 0.2) is 0 Å². The molecule has 2 aromatic heterocycles. The van der Waals surface area contributed by atoms with E-state index in [2.05, 4.69) is 9.82 Å². The fourth-order valence-corrected chi connectivity index (χ4v) is 3.92. The summed E-state index contributed by atoms with van der Waals surface area (Å²) in [6.45, 7) is 1.44. The lowest BCUT2D eigenvalue weighted by molar-refractivity contribution is 0.554. The summed E-state index contributed by atoms with van der Waals surface area (Å²) >= 11 is 1.20. The average Bonchev–Trinajstić information content (AvgIpc) is 3.05. The molecule has 0 aromatic carbocycles. The van der Waals surface area contributed by atoms with Crippen molar-refractivity contribution in [2.45, 2.75) is 23.7 Å². The second kappa shape index (κ2) is 6.29. The van der Waals surface area contributed by atoms with Gasteiger partial charge in [-0.1, -0.05) is 0 Å². The van der Waals surface area contributed by atoms with E-state index in [0.717, 1.165) is 4.88 Å². The highest BCUT2D eigenvalue weighted by molar-refractivity contribution is 7.91. The molecule has 2 aromatic rings. The van der Waals surface area contributed by atoms with Crippen molar-refractivity contribution in [1.82, 2.24) is 14.5 Å². The summed E-state index contributed by atoms with van der Waals surface area (Å²) < 4.78 is 28.6. The van der Waals surface area contributed by atoms with Crippen molar-refractivity contribution in [3.63, 3.8) is 0 Å². The first-order valence-corrected chi connectivity index (χ1v) is 8.17. The van der Waals surface area contributed by atoms with Gasteiger partial charge in [-0.05, 0) is 24.6 Å². The topological polar surface area (TPSA) is 90.0 Å². The molecule has 104 valence electrons. The highest BCUT2D eigenvalue weighted by Gasteiger charge is 2.15. The van der Waals surface area contributed by atoms with Crippen molar-refractivity contribution in [2.24, 2.45) is 5.73 Å². The molecule has 3 N–H and O–H groups in total. The van der Waals surface area contributed by atoms with Gasteiger partial charge in [-0.2, -0.15) is 5.10 Å². The molecule has 0 unspecified atom stereocenters. The number of hydrogen-bond donors (Lipinski definition) is 2. The number of sulfonamides is 1. The standard InChI is InChI=1S/C11H16N4O2S2/c12-9-10-3-4-11(18-10)19(16,17)14-6-2-8-15-7-1-5-13-15/h1,3-5,7,14H,2,6,8-9,12H2. The number of rotatable bonds is 7. The fraction of sp³-hybridized carbons (Fsp3) is 0.364. The predicted octanol–water partition coefficient (Wildman–Crippen LogP) is 0.772. The molecule has 0 radical (unpaired) electrons. The lowest BCUT2D eigenvalue weighted by Gasteiger charge is -2.04. The van der Waals surface area contributed by atoms with E-state index in [1.807, 2.05) is 12.3 Å². The summed E-state index contributed by atoms with van der Waals surface area (Å²) in [6, 6.07) is 5.16. The minimum atomic E-state index is -3.41. The first-order chi connectivity index (χ1) is 9.12. The van der Waals surface area contributed by atoms with Crippen LogP contribution in [0.2, 0.25) is 0 Å². The molecule has 0 atom stereocenters. The van der Waals surface area contributed by atoms with E-state index in [9.17, 15) is 8.42 Å². The van der Waals surface area contributed by atoms with Crippen LogP contribution in [0.4, 0.5) is 0 Å². The summed E-state index contributed by atoms with van der Waals surface area (Å²) in [4.78, 5) is 0.858. The van der Waals surface area contributed by atoms with Crippen LogP contribution in [-0.2, 0) is 23.1 Å². The molecule has 0 amide bonds. The molecule has 2 rings (SSSR count). The Hall–Kier alpha value is -1.22. The van der Waals surface area contributed by atoms with E-state index in [-0.39, 0.29) is 0 Å². The van der Waals surface area contributed by atoms with Crippen molar-refractivity contribution >= 4 is 21.4 Å². The molecule has 0 fully saturated rings. The first-order valence-electron chi connectivity index (χ1n) is 5.88. The lowest BCUT2D eigenvalue weighted by Crippen LogP contribution is -2.24. The van der Waals surface area contributed by atoms with E-state index in [4.69, 9.17) is 5.73 Å². The minimum absolute atomic E-state index is 0.312. The van der Waals surface area contributed by atoms with Gasteiger partial charge in [-0.15, -0.1) is 11.3 Å². The van der Waals surface area contributed by atoms with Crippen LogP contribution in [0.15, 0.2) is 34.8 Å². The van der Waals surface area contributed by atoms with Crippen LogP contribution in [0.25, 0.3) is 0 Å². The Bertz CT molecular complexity index is 604. The fourth-order valence-electron chi connectivity index (χ4n) is 1.56. The highest BCUT2D eigenvalue weighted by atomic mass is 32.2. The van der Waals surface area contributed by atoms with Gasteiger partial charge < -0.3 is 5.73 Å². The molecule has 2 heterocycles. The van der Waals surface area contributed by atoms with E-state index in [0.29, 0.717) is 30.3 Å². The van der Waals surface area contributed by atoms with Gasteiger partial charge in [0.05, 0.1) is 0 Å². The van der Waals surface area contributed by atoms with Gasteiger partial charge in [-0.25, -0.2) is 13.1 Å². The number of nitrogens with zero attached hydrogens (tertiary/aromatic N) is 2. The molecule has 0 spiro atoms. The van der Waals surface area contributed by atoms with Crippen LogP contribution >= 0.6 is 11.3 Å². The quantitative estimate of drug-likeness (QED) is 0.739. The zero-order valence-corrected chi connectivity index (χ0v) is 12.0. The summed E-state index contributed by atoms with van der Waals surface area (Å²) in [7, 11) is -3.41. The SMILES string of the molecule is NCc1ccc(S(=O)(=O)NCCCn2cccn2)s1. The number of nitrogens with one attached hydrogen (secondary N) is 1. The molecule has 0 aliphatic heterocycles. The van der Waals surface area contributed by atoms with Crippen molar-refractivity contribution < 1.29 is 8.42 Å². The van der Waals surface area contributed by atoms with Gasteiger partial charge in [0, 0.05) is 36.9 Å². The third-order valence-electron chi connectivity index (χ3n) is 2.52. The molecule has 0 saturated carbocycles. The summed E-state index contributed by atoms with van der Waals surface area (Å²) in [6.07, 6.45) is 4.24. The number of hydrogen-bond acceptors (Lipinski definition) is 5. The van der Waals surface area contributed by atoms with Gasteiger partial charge in [0.25, 0.3) is 0 Å². The Morgan fingerprint density at radius 2 is 2.26 bits per heavy atom. The summed E-state index contributed by atoms with van der Waals surface area (Å²) in [5.74, 6) is 0. The molecule has 8 heteroatoms. The van der Waals surface area contributed by atoms with E-state index < -0.39 is 10.0 Å². The van der Waals surface area contributed by atoms with Gasteiger partial charge in [0.1, 0.15) is 4.21 Å². The molecular weight excluding hydrogens is 284 g/mol. The van der Waals surface area contributed by atoms with Crippen LogP contribution in [0.1, 0.15) is 11.3 Å². The molecule has 0 bridgehead atoms. The molecule has 0 saturated heterocycles. The second-order valence-electron chi connectivity index (χ2n) is 3.95. The van der Waals surface area contributed by atoms with E-state index in [1.54, 1.807) is 23.0 Å². The van der Waals surface area contributed by atoms with Crippen molar-refractivity contribution in [3.8, 4) is 0 Å². The smallest absolute Gasteiger partial charge is 0.250 e.